The lowest BCUT2D eigenvalue weighted by molar-refractivity contribution is -0.143. The van der Waals surface area contributed by atoms with Gasteiger partial charge in [-0.1, -0.05) is 49.8 Å². The first-order chi connectivity index (χ1) is 17.3. The Hall–Kier alpha value is -2.83. The molecule has 0 aromatic heterocycles. The van der Waals surface area contributed by atoms with E-state index < -0.39 is 0 Å². The largest absolute Gasteiger partial charge is 0.466 e. The fourth-order valence-corrected chi connectivity index (χ4v) is 6.11. The zero-order valence-corrected chi connectivity index (χ0v) is 22.2. The van der Waals surface area contributed by atoms with Gasteiger partial charge in [0.25, 0.3) is 0 Å². The van der Waals surface area contributed by atoms with Crippen LogP contribution in [0.4, 0.5) is 4.79 Å². The van der Waals surface area contributed by atoms with Crippen molar-refractivity contribution in [1.29, 1.82) is 0 Å². The Balaban J connectivity index is 1.87. The Bertz CT molecular complexity index is 929. The summed E-state index contributed by atoms with van der Waals surface area (Å²) in [5.41, 5.74) is 1.15. The molecule has 7 nitrogen and oxygen atoms in total. The maximum absolute atomic E-state index is 13.8. The van der Waals surface area contributed by atoms with E-state index >= 15 is 0 Å². The predicted octanol–water partition coefficient (Wildman–Crippen LogP) is 5.82. The Labute approximate surface area is 215 Å². The van der Waals surface area contributed by atoms with Gasteiger partial charge in [-0.25, -0.2) is 9.59 Å². The van der Waals surface area contributed by atoms with Crippen molar-refractivity contribution < 1.29 is 28.6 Å². The van der Waals surface area contributed by atoms with Gasteiger partial charge in [-0.05, 0) is 69.8 Å². The molecular formula is C29H41NO6. The van der Waals surface area contributed by atoms with E-state index in [2.05, 4.69) is 6.92 Å². The van der Waals surface area contributed by atoms with E-state index in [-0.39, 0.29) is 48.1 Å². The lowest BCUT2D eigenvalue weighted by Crippen LogP contribution is -2.62. The minimum Gasteiger partial charge on any atom is -0.466 e. The molecule has 1 aromatic rings. The first-order valence-corrected chi connectivity index (χ1v) is 13.3. The summed E-state index contributed by atoms with van der Waals surface area (Å²) in [7, 11) is 0. The third-order valence-electron chi connectivity index (χ3n) is 7.74. The predicted molar refractivity (Wildman–Crippen MR) is 137 cm³/mol. The third kappa shape index (κ3) is 6.68. The van der Waals surface area contributed by atoms with E-state index in [0.29, 0.717) is 25.2 Å². The Morgan fingerprint density at radius 1 is 1.06 bits per heavy atom. The van der Waals surface area contributed by atoms with Crippen LogP contribution in [0.15, 0.2) is 42.0 Å². The highest BCUT2D eigenvalue weighted by atomic mass is 16.6. The minimum atomic E-state index is -0.345. The lowest BCUT2D eigenvalue weighted by Gasteiger charge is -2.53. The number of carbonyl (C=O) groups is 3. The van der Waals surface area contributed by atoms with Crippen LogP contribution in [0, 0.1) is 11.8 Å². The average molecular weight is 500 g/mol. The molecule has 1 spiro atoms. The van der Waals surface area contributed by atoms with Gasteiger partial charge in [0, 0.05) is 24.1 Å². The van der Waals surface area contributed by atoms with Gasteiger partial charge < -0.3 is 14.2 Å². The second-order valence-corrected chi connectivity index (χ2v) is 10.2. The smallest absolute Gasteiger partial charge is 0.410 e. The fraction of sp³-hybridized carbons (Fsp3) is 0.621. The first-order valence-electron chi connectivity index (χ1n) is 13.3. The Morgan fingerprint density at radius 3 is 2.42 bits per heavy atom. The summed E-state index contributed by atoms with van der Waals surface area (Å²) in [6.45, 7) is 7.98. The molecule has 1 amide bonds. The van der Waals surface area contributed by atoms with Crippen molar-refractivity contribution >= 4 is 18.0 Å². The van der Waals surface area contributed by atoms with E-state index in [0.717, 1.165) is 44.1 Å². The zero-order valence-electron chi connectivity index (χ0n) is 22.2. The first kappa shape index (κ1) is 27.8. The molecule has 0 radical (unpaired) electrons. The number of benzene rings is 1. The van der Waals surface area contributed by atoms with Crippen molar-refractivity contribution in [2.45, 2.75) is 90.8 Å². The van der Waals surface area contributed by atoms with Crippen LogP contribution < -0.4 is 0 Å². The summed E-state index contributed by atoms with van der Waals surface area (Å²) >= 11 is 0. The summed E-state index contributed by atoms with van der Waals surface area (Å²) in [6, 6.07) is 9.62. The summed E-state index contributed by atoms with van der Waals surface area (Å²) in [5, 5.41) is 0. The van der Waals surface area contributed by atoms with E-state index in [4.69, 9.17) is 14.2 Å². The second-order valence-electron chi connectivity index (χ2n) is 10.2. The molecule has 2 fully saturated rings. The van der Waals surface area contributed by atoms with E-state index in [1.807, 2.05) is 41.3 Å². The lowest BCUT2D eigenvalue weighted by atomic mass is 9.71. The molecule has 1 saturated carbocycles. The normalized spacial score (nSPS) is 24.9. The van der Waals surface area contributed by atoms with Gasteiger partial charge >= 0.3 is 18.0 Å². The number of hydrogen-bond donors (Lipinski definition) is 0. The molecule has 36 heavy (non-hydrogen) atoms. The number of hydrogen-bond acceptors (Lipinski definition) is 6. The molecule has 1 aromatic carbocycles. The van der Waals surface area contributed by atoms with Crippen molar-refractivity contribution in [3.8, 4) is 0 Å². The Morgan fingerprint density at radius 2 is 1.75 bits per heavy atom. The highest BCUT2D eigenvalue weighted by Crippen LogP contribution is 2.51. The average Bonchev–Trinajstić information content (AvgIpc) is 3.28. The third-order valence-corrected chi connectivity index (χ3v) is 7.74. The number of carbonyl (C=O) groups excluding carboxylic acids is 3. The van der Waals surface area contributed by atoms with Gasteiger partial charge in [-0.3, -0.25) is 9.69 Å². The number of amides is 1. The maximum atomic E-state index is 13.8. The quantitative estimate of drug-likeness (QED) is 0.242. The molecule has 1 aliphatic heterocycles. The topological polar surface area (TPSA) is 82.1 Å². The van der Waals surface area contributed by atoms with Crippen LogP contribution in [0.1, 0.15) is 78.2 Å². The maximum Gasteiger partial charge on any atom is 0.410 e. The van der Waals surface area contributed by atoms with Crippen LogP contribution in [0.25, 0.3) is 0 Å². The van der Waals surface area contributed by atoms with Gasteiger partial charge in [0.05, 0.1) is 13.2 Å². The number of likely N-dealkylation sites (tertiary alicyclic amines) is 1. The van der Waals surface area contributed by atoms with Crippen LogP contribution in [0.5, 0.6) is 0 Å². The number of ether oxygens (including phenoxy) is 3. The molecule has 3 rings (SSSR count). The van der Waals surface area contributed by atoms with Crippen molar-refractivity contribution in [3.63, 3.8) is 0 Å². The molecule has 7 heteroatoms. The minimum absolute atomic E-state index is 0.0760. The fourth-order valence-electron chi connectivity index (χ4n) is 6.11. The molecule has 1 saturated heterocycles. The van der Waals surface area contributed by atoms with Gasteiger partial charge in [-0.15, -0.1) is 0 Å². The van der Waals surface area contributed by atoms with Gasteiger partial charge in [0.15, 0.2) is 0 Å². The summed E-state index contributed by atoms with van der Waals surface area (Å²) in [6.07, 6.45) is 7.80. The molecule has 4 atom stereocenters. The summed E-state index contributed by atoms with van der Waals surface area (Å²) in [5.74, 6) is -0.278. The number of esters is 2. The highest BCUT2D eigenvalue weighted by molar-refractivity contribution is 5.87. The monoisotopic (exact) mass is 499 g/mol. The molecule has 0 bridgehead atoms. The standard InChI is InChI=1S/C29H41NO6/c1-5-34-27(32)21(2)15-16-25-13-9-17-29(18-10-14-26(29)22(3)19-35-23(4)31)30(25)28(33)36-20-24-11-7-6-8-12-24/h6-8,11-12,15,22,25-26H,5,9-10,13-14,16-20H2,1-4H3/b21-15+/t22-,25+,26-,29-/m0/s1. The van der Waals surface area contributed by atoms with Gasteiger partial charge in [-0.2, -0.15) is 0 Å². The van der Waals surface area contributed by atoms with Crippen LogP contribution >= 0.6 is 0 Å². The molecule has 2 aliphatic rings. The van der Waals surface area contributed by atoms with Crippen molar-refractivity contribution in [2.75, 3.05) is 13.2 Å². The molecular weight excluding hydrogens is 458 g/mol. The van der Waals surface area contributed by atoms with Crippen LogP contribution in [-0.2, 0) is 30.4 Å². The van der Waals surface area contributed by atoms with Crippen molar-refractivity contribution in [3.05, 3.63) is 47.5 Å². The van der Waals surface area contributed by atoms with E-state index in [1.54, 1.807) is 13.8 Å². The number of piperidine rings is 1. The van der Waals surface area contributed by atoms with Crippen molar-refractivity contribution in [2.24, 2.45) is 11.8 Å². The molecule has 1 aliphatic carbocycles. The van der Waals surface area contributed by atoms with E-state index in [9.17, 15) is 14.4 Å². The van der Waals surface area contributed by atoms with Gasteiger partial charge in [0.2, 0.25) is 0 Å². The highest BCUT2D eigenvalue weighted by Gasteiger charge is 2.54. The molecule has 0 unspecified atom stereocenters. The second kappa shape index (κ2) is 12.9. The van der Waals surface area contributed by atoms with Gasteiger partial charge in [0.1, 0.15) is 6.61 Å². The number of rotatable bonds is 9. The van der Waals surface area contributed by atoms with Crippen LogP contribution in [0.2, 0.25) is 0 Å². The molecule has 0 N–H and O–H groups in total. The van der Waals surface area contributed by atoms with E-state index in [1.165, 1.54) is 6.92 Å². The molecule has 1 heterocycles. The van der Waals surface area contributed by atoms with Crippen LogP contribution in [-0.4, -0.2) is 47.7 Å². The molecule has 198 valence electrons. The van der Waals surface area contributed by atoms with Crippen LogP contribution in [0.3, 0.4) is 0 Å². The SMILES string of the molecule is CCOC(=O)/C(C)=C/C[C@H]1CCC[C@@]2(CCC[C@H]2[C@@H](C)COC(C)=O)N1C(=O)OCc1ccccc1. The van der Waals surface area contributed by atoms with Crippen molar-refractivity contribution in [1.82, 2.24) is 4.90 Å². The zero-order chi connectivity index (χ0) is 26.1. The Kier molecular flexibility index (Phi) is 9.97. The summed E-state index contributed by atoms with van der Waals surface area (Å²) in [4.78, 5) is 39.4. The summed E-state index contributed by atoms with van der Waals surface area (Å²) < 4.78 is 16.4. The number of nitrogens with zero attached hydrogens (tertiary/aromatic N) is 1.